The SMILES string of the molecule is CCN(CC)C(=O)[C@](F)([C@H](O)/C=C/c1ccccc1)C(F)(F)F. The number of hydrogen-bond acceptors (Lipinski definition) is 2. The van der Waals surface area contributed by atoms with E-state index >= 15 is 0 Å². The quantitative estimate of drug-likeness (QED) is 0.812. The van der Waals surface area contributed by atoms with Crippen LogP contribution >= 0.6 is 0 Å². The summed E-state index contributed by atoms with van der Waals surface area (Å²) in [5.41, 5.74) is -3.91. The van der Waals surface area contributed by atoms with E-state index in [4.69, 9.17) is 0 Å². The largest absolute Gasteiger partial charge is 0.434 e. The van der Waals surface area contributed by atoms with E-state index in [1.807, 2.05) is 0 Å². The predicted octanol–water partition coefficient (Wildman–Crippen LogP) is 3.20. The molecule has 23 heavy (non-hydrogen) atoms. The Morgan fingerprint density at radius 2 is 1.70 bits per heavy atom. The number of carbonyl (C=O) groups is 1. The summed E-state index contributed by atoms with van der Waals surface area (Å²) in [6.45, 7) is 2.69. The Labute approximate surface area is 132 Å². The first-order valence-electron chi connectivity index (χ1n) is 7.14. The molecule has 0 radical (unpaired) electrons. The van der Waals surface area contributed by atoms with Crippen molar-refractivity contribution in [1.82, 2.24) is 4.90 Å². The molecule has 0 spiro atoms. The van der Waals surface area contributed by atoms with E-state index in [2.05, 4.69) is 0 Å². The van der Waals surface area contributed by atoms with Crippen molar-refractivity contribution in [3.05, 3.63) is 42.0 Å². The van der Waals surface area contributed by atoms with Crippen LogP contribution in [0.5, 0.6) is 0 Å². The molecule has 3 nitrogen and oxygen atoms in total. The molecule has 128 valence electrons. The van der Waals surface area contributed by atoms with Gasteiger partial charge in [0.25, 0.3) is 5.91 Å². The number of nitrogens with zero attached hydrogens (tertiary/aromatic N) is 1. The highest BCUT2D eigenvalue weighted by Gasteiger charge is 2.66. The molecular formula is C16H19F4NO2. The first-order valence-corrected chi connectivity index (χ1v) is 7.14. The Morgan fingerprint density at radius 1 is 1.17 bits per heavy atom. The van der Waals surface area contributed by atoms with Gasteiger partial charge in [0.15, 0.2) is 0 Å². The maximum atomic E-state index is 14.6. The second-order valence-corrected chi connectivity index (χ2v) is 4.90. The van der Waals surface area contributed by atoms with Crippen LogP contribution in [0.25, 0.3) is 6.08 Å². The Morgan fingerprint density at radius 3 is 2.13 bits per heavy atom. The van der Waals surface area contributed by atoms with E-state index in [9.17, 15) is 27.5 Å². The van der Waals surface area contributed by atoms with Crippen molar-refractivity contribution in [3.63, 3.8) is 0 Å². The van der Waals surface area contributed by atoms with Crippen LogP contribution in [-0.4, -0.2) is 47.0 Å². The predicted molar refractivity (Wildman–Crippen MR) is 79.3 cm³/mol. The number of carbonyl (C=O) groups excluding carboxylic acids is 1. The Kier molecular flexibility index (Phi) is 6.32. The Balaban J connectivity index is 3.15. The Bertz CT molecular complexity index is 541. The number of hydrogen-bond donors (Lipinski definition) is 1. The molecule has 1 amide bonds. The van der Waals surface area contributed by atoms with Gasteiger partial charge in [-0.1, -0.05) is 42.5 Å². The molecule has 0 aliphatic rings. The van der Waals surface area contributed by atoms with Crippen LogP contribution < -0.4 is 0 Å². The fourth-order valence-corrected chi connectivity index (χ4v) is 2.06. The number of benzene rings is 1. The lowest BCUT2D eigenvalue weighted by molar-refractivity contribution is -0.250. The van der Waals surface area contributed by atoms with Crippen LogP contribution in [0.3, 0.4) is 0 Å². The third-order valence-electron chi connectivity index (χ3n) is 3.45. The topological polar surface area (TPSA) is 40.5 Å². The molecule has 0 bridgehead atoms. The molecule has 0 aliphatic heterocycles. The van der Waals surface area contributed by atoms with Crippen molar-refractivity contribution in [2.75, 3.05) is 13.1 Å². The average molecular weight is 333 g/mol. The van der Waals surface area contributed by atoms with Gasteiger partial charge in [-0.3, -0.25) is 4.79 Å². The summed E-state index contributed by atoms with van der Waals surface area (Å²) in [7, 11) is 0. The first-order chi connectivity index (χ1) is 10.7. The minimum Gasteiger partial charge on any atom is -0.385 e. The maximum Gasteiger partial charge on any atom is 0.434 e. The zero-order chi connectivity index (χ0) is 17.7. The van der Waals surface area contributed by atoms with Gasteiger partial charge in [-0.05, 0) is 19.4 Å². The highest BCUT2D eigenvalue weighted by Crippen LogP contribution is 2.39. The van der Waals surface area contributed by atoms with Gasteiger partial charge in [0, 0.05) is 13.1 Å². The summed E-state index contributed by atoms with van der Waals surface area (Å²) >= 11 is 0. The molecule has 0 heterocycles. The Hall–Kier alpha value is -1.89. The van der Waals surface area contributed by atoms with Crippen LogP contribution in [0.15, 0.2) is 36.4 Å². The summed E-state index contributed by atoms with van der Waals surface area (Å²) in [4.78, 5) is 12.7. The van der Waals surface area contributed by atoms with E-state index in [1.54, 1.807) is 30.3 Å². The minimum atomic E-state index is -5.53. The first kappa shape index (κ1) is 19.2. The summed E-state index contributed by atoms with van der Waals surface area (Å²) in [5.74, 6) is -1.79. The highest BCUT2D eigenvalue weighted by atomic mass is 19.4. The number of alkyl halides is 4. The molecular weight excluding hydrogens is 314 g/mol. The van der Waals surface area contributed by atoms with Crippen LogP contribution in [0.4, 0.5) is 17.6 Å². The zero-order valence-corrected chi connectivity index (χ0v) is 12.8. The van der Waals surface area contributed by atoms with Crippen LogP contribution in [0, 0.1) is 0 Å². The number of halogens is 4. The van der Waals surface area contributed by atoms with Crippen molar-refractivity contribution in [3.8, 4) is 0 Å². The molecule has 0 fully saturated rings. The standard InChI is InChI=1S/C16H19F4NO2/c1-3-21(4-2)14(23)15(17,16(18,19)20)13(22)11-10-12-8-6-5-7-9-12/h5-11,13,22H,3-4H2,1-2H3/b11-10+/t13-,15-/m1/s1. The van der Waals surface area contributed by atoms with E-state index < -0.39 is 23.9 Å². The van der Waals surface area contributed by atoms with Gasteiger partial charge in [-0.2, -0.15) is 13.2 Å². The third kappa shape index (κ3) is 4.10. The fraction of sp³-hybridized carbons (Fsp3) is 0.438. The molecule has 1 rings (SSSR count). The van der Waals surface area contributed by atoms with Gasteiger partial charge in [0.2, 0.25) is 0 Å². The molecule has 7 heteroatoms. The normalized spacial score (nSPS) is 16.1. The summed E-state index contributed by atoms with van der Waals surface area (Å²) in [6.07, 6.45) is -6.40. The zero-order valence-electron chi connectivity index (χ0n) is 12.8. The van der Waals surface area contributed by atoms with Crippen molar-refractivity contribution in [2.45, 2.75) is 31.8 Å². The lowest BCUT2D eigenvalue weighted by Crippen LogP contribution is -2.61. The van der Waals surface area contributed by atoms with E-state index in [1.165, 1.54) is 13.8 Å². The molecule has 0 saturated heterocycles. The second-order valence-electron chi connectivity index (χ2n) is 4.90. The molecule has 1 aromatic carbocycles. The van der Waals surface area contributed by atoms with Crippen LogP contribution in [0.1, 0.15) is 19.4 Å². The minimum absolute atomic E-state index is 0.0911. The monoisotopic (exact) mass is 333 g/mol. The van der Waals surface area contributed by atoms with Crippen molar-refractivity contribution in [2.24, 2.45) is 0 Å². The highest BCUT2D eigenvalue weighted by molar-refractivity contribution is 5.87. The van der Waals surface area contributed by atoms with Crippen molar-refractivity contribution in [1.29, 1.82) is 0 Å². The summed E-state index contributed by atoms with van der Waals surface area (Å²) < 4.78 is 54.0. The summed E-state index contributed by atoms with van der Waals surface area (Å²) in [5, 5.41) is 9.75. The number of aliphatic hydroxyl groups excluding tert-OH is 1. The lowest BCUT2D eigenvalue weighted by atomic mass is 9.94. The molecule has 0 unspecified atom stereocenters. The van der Waals surface area contributed by atoms with Gasteiger partial charge < -0.3 is 10.0 Å². The lowest BCUT2D eigenvalue weighted by Gasteiger charge is -2.33. The van der Waals surface area contributed by atoms with Gasteiger partial charge in [-0.15, -0.1) is 0 Å². The maximum absolute atomic E-state index is 14.6. The molecule has 0 aliphatic carbocycles. The second kappa shape index (κ2) is 7.59. The van der Waals surface area contributed by atoms with Crippen molar-refractivity contribution >= 4 is 12.0 Å². The molecule has 1 N–H and O–H groups in total. The van der Waals surface area contributed by atoms with Gasteiger partial charge in [0.05, 0.1) is 0 Å². The average Bonchev–Trinajstić information content (AvgIpc) is 2.52. The van der Waals surface area contributed by atoms with E-state index in [-0.39, 0.29) is 13.1 Å². The van der Waals surface area contributed by atoms with Gasteiger partial charge in [-0.25, -0.2) is 4.39 Å². The smallest absolute Gasteiger partial charge is 0.385 e. The van der Waals surface area contributed by atoms with Crippen LogP contribution in [-0.2, 0) is 4.79 Å². The fourth-order valence-electron chi connectivity index (χ4n) is 2.06. The molecule has 0 saturated carbocycles. The number of rotatable bonds is 6. The summed E-state index contributed by atoms with van der Waals surface area (Å²) in [6, 6.07) is 8.12. The van der Waals surface area contributed by atoms with E-state index in [0.29, 0.717) is 16.5 Å². The number of aliphatic hydroxyl groups is 1. The van der Waals surface area contributed by atoms with Crippen molar-refractivity contribution < 1.29 is 27.5 Å². The van der Waals surface area contributed by atoms with Crippen LogP contribution in [0.2, 0.25) is 0 Å². The number of amides is 1. The van der Waals surface area contributed by atoms with E-state index in [0.717, 1.165) is 6.08 Å². The van der Waals surface area contributed by atoms with Gasteiger partial charge in [0.1, 0.15) is 6.10 Å². The molecule has 0 aromatic heterocycles. The third-order valence-corrected chi connectivity index (χ3v) is 3.45. The molecule has 1 aromatic rings. The molecule has 2 atom stereocenters. The van der Waals surface area contributed by atoms with Gasteiger partial charge >= 0.3 is 11.8 Å².